The maximum absolute atomic E-state index is 13.0. The Kier molecular flexibility index (Phi) is 4.48. The van der Waals surface area contributed by atoms with Crippen molar-refractivity contribution in [3.63, 3.8) is 0 Å². The molecule has 0 saturated heterocycles. The Morgan fingerprint density at radius 3 is 2.97 bits per heavy atom. The molecule has 0 aliphatic heterocycles. The predicted molar refractivity (Wildman–Crippen MR) is 113 cm³/mol. The van der Waals surface area contributed by atoms with Gasteiger partial charge in [-0.2, -0.15) is 5.26 Å². The summed E-state index contributed by atoms with van der Waals surface area (Å²) in [7, 11) is 0. The van der Waals surface area contributed by atoms with Crippen LogP contribution in [-0.2, 0) is 37.0 Å². The maximum Gasteiger partial charge on any atom is 0.279 e. The summed E-state index contributed by atoms with van der Waals surface area (Å²) < 4.78 is 1.13. The van der Waals surface area contributed by atoms with E-state index in [4.69, 9.17) is 0 Å². The number of carbonyl (C=O) groups excluding carboxylic acids is 1. The summed E-state index contributed by atoms with van der Waals surface area (Å²) in [6, 6.07) is 2.22. The molecule has 9 heteroatoms. The van der Waals surface area contributed by atoms with Gasteiger partial charge in [-0.1, -0.05) is 12.1 Å². The Bertz CT molecular complexity index is 1250. The molecule has 29 heavy (non-hydrogen) atoms. The predicted octanol–water partition coefficient (Wildman–Crippen LogP) is 3.04. The number of aromatic nitrogens is 3. The van der Waals surface area contributed by atoms with E-state index >= 15 is 0 Å². The lowest BCUT2D eigenvalue weighted by molar-refractivity contribution is -0.117. The lowest BCUT2D eigenvalue weighted by atomic mass is 9.89. The van der Waals surface area contributed by atoms with Crippen LogP contribution in [0.15, 0.2) is 4.79 Å². The minimum absolute atomic E-state index is 0.212. The molecule has 3 heterocycles. The molecule has 148 valence electrons. The summed E-state index contributed by atoms with van der Waals surface area (Å²) in [5.41, 5.74) is 2.45. The van der Waals surface area contributed by atoms with Gasteiger partial charge in [0.25, 0.3) is 5.56 Å². The average molecular weight is 426 g/mol. The Morgan fingerprint density at radius 1 is 1.28 bits per heavy atom. The van der Waals surface area contributed by atoms with Crippen LogP contribution in [0, 0.1) is 17.2 Å². The van der Waals surface area contributed by atoms with Crippen molar-refractivity contribution < 1.29 is 4.79 Å². The first kappa shape index (κ1) is 18.5. The Hall–Kier alpha value is -2.57. The van der Waals surface area contributed by atoms with Gasteiger partial charge < -0.3 is 5.32 Å². The molecule has 7 nitrogen and oxygen atoms in total. The molecular formula is C20H19N5O2S2. The van der Waals surface area contributed by atoms with E-state index in [0.29, 0.717) is 26.7 Å². The second kappa shape index (κ2) is 7.04. The van der Waals surface area contributed by atoms with E-state index in [1.165, 1.54) is 21.1 Å². The number of nitrogens with one attached hydrogen (secondary N) is 1. The minimum Gasteiger partial charge on any atom is -0.315 e. The van der Waals surface area contributed by atoms with Crippen LogP contribution in [0.1, 0.15) is 46.2 Å². The molecule has 1 atom stereocenters. The number of aryl methyl sites for hydroxylation is 2. The SMILES string of the molecule is CC1CCc2c(sc3nnn(CC(=O)Nc4sc5c(c4C#N)CCC5)c(=O)c23)C1. The van der Waals surface area contributed by atoms with E-state index in [9.17, 15) is 14.9 Å². The summed E-state index contributed by atoms with van der Waals surface area (Å²) in [4.78, 5) is 28.7. The summed E-state index contributed by atoms with van der Waals surface area (Å²) in [6.07, 6.45) is 5.79. The Morgan fingerprint density at radius 2 is 2.14 bits per heavy atom. The number of fused-ring (bicyclic) bond motifs is 4. The fraction of sp³-hybridized carbons (Fsp3) is 0.450. The van der Waals surface area contributed by atoms with E-state index in [0.717, 1.165) is 54.3 Å². The van der Waals surface area contributed by atoms with Gasteiger partial charge in [0.1, 0.15) is 17.6 Å². The van der Waals surface area contributed by atoms with E-state index < -0.39 is 0 Å². The van der Waals surface area contributed by atoms with Crippen LogP contribution in [0.3, 0.4) is 0 Å². The van der Waals surface area contributed by atoms with Crippen molar-refractivity contribution in [3.05, 3.63) is 36.8 Å². The monoisotopic (exact) mass is 425 g/mol. The van der Waals surface area contributed by atoms with Crippen molar-refractivity contribution in [2.24, 2.45) is 5.92 Å². The van der Waals surface area contributed by atoms with Crippen molar-refractivity contribution in [1.82, 2.24) is 15.0 Å². The van der Waals surface area contributed by atoms with E-state index in [2.05, 4.69) is 28.6 Å². The third kappa shape index (κ3) is 3.07. The van der Waals surface area contributed by atoms with Gasteiger partial charge in [0.15, 0.2) is 4.83 Å². The van der Waals surface area contributed by atoms with Crippen molar-refractivity contribution >= 4 is 43.8 Å². The Labute approximate surface area is 175 Å². The zero-order valence-electron chi connectivity index (χ0n) is 15.9. The highest BCUT2D eigenvalue weighted by Gasteiger charge is 2.25. The van der Waals surface area contributed by atoms with E-state index in [1.807, 2.05) is 0 Å². The first-order valence-electron chi connectivity index (χ1n) is 9.77. The number of carbonyl (C=O) groups is 1. The van der Waals surface area contributed by atoms with Gasteiger partial charge in [-0.15, -0.1) is 27.8 Å². The topological polar surface area (TPSA) is 101 Å². The van der Waals surface area contributed by atoms with Crippen LogP contribution in [-0.4, -0.2) is 20.9 Å². The van der Waals surface area contributed by atoms with Crippen LogP contribution in [0.5, 0.6) is 0 Å². The van der Waals surface area contributed by atoms with E-state index in [1.54, 1.807) is 11.3 Å². The quantitative estimate of drug-likeness (QED) is 0.695. The fourth-order valence-electron chi connectivity index (χ4n) is 4.31. The molecule has 5 rings (SSSR count). The summed E-state index contributed by atoms with van der Waals surface area (Å²) >= 11 is 3.01. The molecule has 0 saturated carbocycles. The third-order valence-electron chi connectivity index (χ3n) is 5.76. The highest BCUT2D eigenvalue weighted by Crippen LogP contribution is 2.38. The molecule has 0 aromatic carbocycles. The van der Waals surface area contributed by atoms with Crippen molar-refractivity contribution in [2.75, 3.05) is 5.32 Å². The molecule has 0 spiro atoms. The number of hydrogen-bond donors (Lipinski definition) is 1. The zero-order valence-corrected chi connectivity index (χ0v) is 17.6. The molecule has 2 aliphatic carbocycles. The van der Waals surface area contributed by atoms with Crippen LogP contribution in [0.25, 0.3) is 10.2 Å². The van der Waals surface area contributed by atoms with Crippen molar-refractivity contribution in [1.29, 1.82) is 5.26 Å². The molecule has 3 aromatic rings. The van der Waals surface area contributed by atoms with Gasteiger partial charge >= 0.3 is 0 Å². The highest BCUT2D eigenvalue weighted by atomic mass is 32.1. The van der Waals surface area contributed by atoms with Crippen LogP contribution < -0.4 is 10.9 Å². The summed E-state index contributed by atoms with van der Waals surface area (Å²) in [5.74, 6) is 0.244. The zero-order chi connectivity index (χ0) is 20.1. The number of anilines is 1. The smallest absolute Gasteiger partial charge is 0.279 e. The first-order chi connectivity index (χ1) is 14.0. The summed E-state index contributed by atoms with van der Waals surface area (Å²) in [5, 5.41) is 21.7. The normalized spacial score (nSPS) is 17.7. The standard InChI is InChI=1S/C20H19N5O2S2/c1-10-5-6-12-15(7-10)29-19-17(12)20(27)25(24-23-19)9-16(26)22-18-13(8-21)11-3-2-4-14(11)28-18/h10H,2-7,9H2,1H3,(H,22,26). The number of hydrogen-bond acceptors (Lipinski definition) is 7. The van der Waals surface area contributed by atoms with E-state index in [-0.39, 0.29) is 18.0 Å². The van der Waals surface area contributed by atoms with Crippen LogP contribution in [0.2, 0.25) is 0 Å². The minimum atomic E-state index is -0.366. The van der Waals surface area contributed by atoms with Gasteiger partial charge in [-0.3, -0.25) is 9.59 Å². The lowest BCUT2D eigenvalue weighted by Crippen LogP contribution is -2.30. The van der Waals surface area contributed by atoms with Gasteiger partial charge in [0.2, 0.25) is 5.91 Å². The number of rotatable bonds is 3. The first-order valence-corrected chi connectivity index (χ1v) is 11.4. The molecule has 1 unspecified atom stereocenters. The third-order valence-corrected chi connectivity index (χ3v) is 8.11. The molecule has 0 bridgehead atoms. The second-order valence-corrected chi connectivity index (χ2v) is 9.99. The molecule has 0 radical (unpaired) electrons. The van der Waals surface area contributed by atoms with Gasteiger partial charge in [-0.25, -0.2) is 4.68 Å². The number of nitriles is 1. The second-order valence-electron chi connectivity index (χ2n) is 7.81. The average Bonchev–Trinajstić information content (AvgIpc) is 3.36. The molecule has 2 aliphatic rings. The van der Waals surface area contributed by atoms with Crippen molar-refractivity contribution in [3.8, 4) is 6.07 Å². The van der Waals surface area contributed by atoms with Crippen LogP contribution in [0.4, 0.5) is 5.00 Å². The molecule has 1 amide bonds. The van der Waals surface area contributed by atoms with Crippen molar-refractivity contribution in [2.45, 2.75) is 52.0 Å². The van der Waals surface area contributed by atoms with Gasteiger partial charge in [0, 0.05) is 9.75 Å². The molecule has 3 aromatic heterocycles. The molecule has 1 N–H and O–H groups in total. The fourth-order valence-corrected chi connectivity index (χ4v) is 6.88. The largest absolute Gasteiger partial charge is 0.315 e. The van der Waals surface area contributed by atoms with Gasteiger partial charge in [0.05, 0.1) is 10.9 Å². The maximum atomic E-state index is 13.0. The number of amides is 1. The lowest BCUT2D eigenvalue weighted by Gasteiger charge is -2.17. The number of nitrogens with zero attached hydrogens (tertiary/aromatic N) is 4. The molecular weight excluding hydrogens is 406 g/mol. The Balaban J connectivity index is 1.42. The number of thiophene rings is 2. The molecule has 0 fully saturated rings. The van der Waals surface area contributed by atoms with Gasteiger partial charge in [-0.05, 0) is 55.6 Å². The highest BCUT2D eigenvalue weighted by molar-refractivity contribution is 7.18. The summed E-state index contributed by atoms with van der Waals surface area (Å²) in [6.45, 7) is 2.01. The van der Waals surface area contributed by atoms with Crippen LogP contribution >= 0.6 is 22.7 Å².